The Kier molecular flexibility index (Phi) is 6.53. The lowest BCUT2D eigenvalue weighted by molar-refractivity contribution is -0.140. The van der Waals surface area contributed by atoms with Crippen molar-refractivity contribution in [1.82, 2.24) is 9.80 Å². The largest absolute Gasteiger partial charge is 0.508 e. The average molecular weight is 440 g/mol. The molecule has 7 nitrogen and oxygen atoms in total. The van der Waals surface area contributed by atoms with Crippen molar-refractivity contribution in [2.45, 2.75) is 12.5 Å². The van der Waals surface area contributed by atoms with Crippen LogP contribution < -0.4 is 0 Å². The number of benzene rings is 2. The van der Waals surface area contributed by atoms with Crippen LogP contribution in [-0.4, -0.2) is 71.1 Å². The number of carbonyl (C=O) groups is 2. The van der Waals surface area contributed by atoms with E-state index in [9.17, 15) is 24.2 Å². The van der Waals surface area contributed by atoms with Gasteiger partial charge in [0.2, 0.25) is 0 Å². The SMILES string of the molecule is O=C1C(=O)N(CCCN2CCOCC2)C(c2ccc(O)cc2)C1=C(O)c1ccc(F)cc1. The number of phenols is 1. The summed E-state index contributed by atoms with van der Waals surface area (Å²) in [6, 6.07) is 10.5. The number of aliphatic hydroxyl groups is 1. The van der Waals surface area contributed by atoms with Crippen molar-refractivity contribution in [1.29, 1.82) is 0 Å². The quantitative estimate of drug-likeness (QED) is 0.408. The van der Waals surface area contributed by atoms with Crippen molar-refractivity contribution >= 4 is 17.4 Å². The molecule has 32 heavy (non-hydrogen) atoms. The standard InChI is InChI=1S/C24H25FN2O5/c25-18-6-2-17(3-7-18)22(29)20-21(16-4-8-19(28)9-5-16)27(24(31)23(20)30)11-1-10-26-12-14-32-15-13-26/h2-9,21,28-29H,1,10-15H2. The van der Waals surface area contributed by atoms with Gasteiger partial charge in [0.1, 0.15) is 17.3 Å². The minimum absolute atomic E-state index is 0.0429. The monoisotopic (exact) mass is 440 g/mol. The molecule has 1 unspecified atom stereocenters. The Morgan fingerprint density at radius 3 is 2.31 bits per heavy atom. The number of likely N-dealkylation sites (tertiary alicyclic amines) is 1. The number of Topliss-reactive ketones (excluding diaryl/α,β-unsaturated/α-hetero) is 1. The van der Waals surface area contributed by atoms with Crippen LogP contribution >= 0.6 is 0 Å². The third kappa shape index (κ3) is 4.51. The zero-order valence-electron chi connectivity index (χ0n) is 17.5. The van der Waals surface area contributed by atoms with E-state index in [4.69, 9.17) is 4.74 Å². The predicted octanol–water partition coefficient (Wildman–Crippen LogP) is 2.68. The van der Waals surface area contributed by atoms with Gasteiger partial charge in [-0.3, -0.25) is 14.5 Å². The number of carbonyl (C=O) groups excluding carboxylic acids is 2. The topological polar surface area (TPSA) is 90.3 Å². The lowest BCUT2D eigenvalue weighted by atomic mass is 9.95. The normalized spacial score (nSPS) is 21.3. The van der Waals surface area contributed by atoms with E-state index in [1.54, 1.807) is 12.1 Å². The van der Waals surface area contributed by atoms with Crippen LogP contribution in [0.3, 0.4) is 0 Å². The van der Waals surface area contributed by atoms with Crippen molar-refractivity contribution in [2.75, 3.05) is 39.4 Å². The number of ketones is 1. The molecule has 0 aromatic heterocycles. The van der Waals surface area contributed by atoms with E-state index >= 15 is 0 Å². The Hall–Kier alpha value is -3.23. The van der Waals surface area contributed by atoms with Gasteiger partial charge >= 0.3 is 0 Å². The molecule has 0 bridgehead atoms. The van der Waals surface area contributed by atoms with Crippen molar-refractivity contribution < 1.29 is 28.9 Å². The highest BCUT2D eigenvalue weighted by atomic mass is 19.1. The minimum atomic E-state index is -0.801. The summed E-state index contributed by atoms with van der Waals surface area (Å²) < 4.78 is 18.7. The van der Waals surface area contributed by atoms with Crippen LogP contribution in [0, 0.1) is 5.82 Å². The summed E-state index contributed by atoms with van der Waals surface area (Å²) in [5, 5.41) is 20.6. The predicted molar refractivity (Wildman–Crippen MR) is 115 cm³/mol. The van der Waals surface area contributed by atoms with Gasteiger partial charge in [0.05, 0.1) is 24.8 Å². The molecule has 2 aromatic carbocycles. The van der Waals surface area contributed by atoms with Crippen LogP contribution in [0.2, 0.25) is 0 Å². The molecule has 0 radical (unpaired) electrons. The molecule has 2 heterocycles. The zero-order valence-corrected chi connectivity index (χ0v) is 17.5. The van der Waals surface area contributed by atoms with Gasteiger partial charge in [-0.05, 0) is 48.4 Å². The van der Waals surface area contributed by atoms with Crippen molar-refractivity contribution in [3.05, 3.63) is 71.0 Å². The van der Waals surface area contributed by atoms with Crippen molar-refractivity contribution in [3.63, 3.8) is 0 Å². The fraction of sp³-hybridized carbons (Fsp3) is 0.333. The molecule has 0 saturated carbocycles. The van der Waals surface area contributed by atoms with Crippen molar-refractivity contribution in [3.8, 4) is 5.75 Å². The highest BCUT2D eigenvalue weighted by Gasteiger charge is 2.45. The number of aromatic hydroxyl groups is 1. The number of morpholine rings is 1. The van der Waals surface area contributed by atoms with Gasteiger partial charge in [0.25, 0.3) is 11.7 Å². The van der Waals surface area contributed by atoms with Crippen LogP contribution in [0.25, 0.3) is 5.76 Å². The number of nitrogens with zero attached hydrogens (tertiary/aromatic N) is 2. The molecule has 2 aliphatic rings. The lowest BCUT2D eigenvalue weighted by Gasteiger charge is -2.29. The van der Waals surface area contributed by atoms with E-state index in [-0.39, 0.29) is 22.6 Å². The molecular formula is C24H25FN2O5. The third-order valence-corrected chi connectivity index (χ3v) is 5.84. The molecule has 1 amide bonds. The molecule has 4 rings (SSSR count). The molecule has 2 saturated heterocycles. The summed E-state index contributed by atoms with van der Waals surface area (Å²) in [7, 11) is 0. The Labute approximate surface area is 185 Å². The summed E-state index contributed by atoms with van der Waals surface area (Å²) in [5.41, 5.74) is 0.803. The fourth-order valence-electron chi connectivity index (χ4n) is 4.17. The maximum absolute atomic E-state index is 13.3. The van der Waals surface area contributed by atoms with Gasteiger partial charge in [-0.25, -0.2) is 4.39 Å². The first-order valence-corrected chi connectivity index (χ1v) is 10.6. The fourth-order valence-corrected chi connectivity index (χ4v) is 4.17. The minimum Gasteiger partial charge on any atom is -0.508 e. The van der Waals surface area contributed by atoms with E-state index in [2.05, 4.69) is 4.90 Å². The Morgan fingerprint density at radius 2 is 1.66 bits per heavy atom. The summed E-state index contributed by atoms with van der Waals surface area (Å²) in [5.74, 6) is -2.24. The number of hydrogen-bond donors (Lipinski definition) is 2. The summed E-state index contributed by atoms with van der Waals surface area (Å²) in [6.07, 6.45) is 0.651. The molecule has 2 aliphatic heterocycles. The number of rotatable bonds is 6. The van der Waals surface area contributed by atoms with Gasteiger partial charge in [-0.2, -0.15) is 0 Å². The second kappa shape index (κ2) is 9.50. The number of ether oxygens (including phenoxy) is 1. The van der Waals surface area contributed by atoms with Crippen LogP contribution in [0.1, 0.15) is 23.6 Å². The number of phenolic OH excluding ortho intramolecular Hbond substituents is 1. The molecule has 168 valence electrons. The Morgan fingerprint density at radius 1 is 1.00 bits per heavy atom. The average Bonchev–Trinajstić information content (AvgIpc) is 3.05. The molecule has 0 aliphatic carbocycles. The second-order valence-electron chi connectivity index (χ2n) is 7.90. The third-order valence-electron chi connectivity index (χ3n) is 5.84. The first-order chi connectivity index (χ1) is 15.5. The van der Waals surface area contributed by atoms with E-state index in [1.165, 1.54) is 41.3 Å². The maximum Gasteiger partial charge on any atom is 0.295 e. The van der Waals surface area contributed by atoms with E-state index in [1.807, 2.05) is 0 Å². The Bertz CT molecular complexity index is 1010. The number of hydrogen-bond acceptors (Lipinski definition) is 6. The molecule has 1 atom stereocenters. The zero-order chi connectivity index (χ0) is 22.7. The molecule has 2 fully saturated rings. The van der Waals surface area contributed by atoms with Crippen LogP contribution in [-0.2, 0) is 14.3 Å². The van der Waals surface area contributed by atoms with Gasteiger partial charge in [0.15, 0.2) is 0 Å². The maximum atomic E-state index is 13.3. The summed E-state index contributed by atoms with van der Waals surface area (Å²) in [4.78, 5) is 29.6. The summed E-state index contributed by atoms with van der Waals surface area (Å²) in [6.45, 7) is 4.08. The first kappa shape index (κ1) is 22.0. The van der Waals surface area contributed by atoms with Crippen molar-refractivity contribution in [2.24, 2.45) is 0 Å². The smallest absolute Gasteiger partial charge is 0.295 e. The molecule has 2 N–H and O–H groups in total. The van der Waals surface area contributed by atoms with Crippen LogP contribution in [0.5, 0.6) is 5.75 Å². The number of halogens is 1. The highest BCUT2D eigenvalue weighted by molar-refractivity contribution is 6.46. The highest BCUT2D eigenvalue weighted by Crippen LogP contribution is 2.39. The van der Waals surface area contributed by atoms with Gasteiger partial charge in [-0.1, -0.05) is 12.1 Å². The van der Waals surface area contributed by atoms with Crippen LogP contribution in [0.15, 0.2) is 54.1 Å². The van der Waals surface area contributed by atoms with E-state index < -0.39 is 23.5 Å². The summed E-state index contributed by atoms with van der Waals surface area (Å²) >= 11 is 0. The van der Waals surface area contributed by atoms with Gasteiger partial charge in [-0.15, -0.1) is 0 Å². The molecule has 8 heteroatoms. The molecule has 2 aromatic rings. The molecular weight excluding hydrogens is 415 g/mol. The number of aliphatic hydroxyl groups excluding tert-OH is 1. The van der Waals surface area contributed by atoms with Gasteiger partial charge in [0, 0.05) is 31.7 Å². The first-order valence-electron chi connectivity index (χ1n) is 10.6. The van der Waals surface area contributed by atoms with Gasteiger partial charge < -0.3 is 19.8 Å². The molecule has 0 spiro atoms. The Balaban J connectivity index is 1.66. The van der Waals surface area contributed by atoms with E-state index in [0.717, 1.165) is 19.6 Å². The second-order valence-corrected chi connectivity index (χ2v) is 7.90. The number of amides is 1. The van der Waals surface area contributed by atoms with E-state index in [0.29, 0.717) is 31.7 Å². The lowest BCUT2D eigenvalue weighted by Crippen LogP contribution is -2.38. The van der Waals surface area contributed by atoms with Crippen LogP contribution in [0.4, 0.5) is 4.39 Å².